The fourth-order valence-electron chi connectivity index (χ4n) is 2.55. The fraction of sp³-hybridized carbons (Fsp3) is 0.312. The Balaban J connectivity index is 1.75. The Morgan fingerprint density at radius 2 is 2.30 bits per heavy atom. The molecule has 0 fully saturated rings. The molecule has 1 aromatic heterocycles. The number of hydrogen-bond donors (Lipinski definition) is 1. The van der Waals surface area contributed by atoms with Crippen LogP contribution in [-0.2, 0) is 6.54 Å². The maximum atomic E-state index is 13.3. The Hall–Kier alpha value is -1.94. The van der Waals surface area contributed by atoms with Crippen molar-refractivity contribution in [3.8, 4) is 11.3 Å². The molecule has 1 aliphatic rings. The SMILES string of the molecule is Fc1cccc(-c2cncn2CCC2=CCNCC2)c1. The first-order valence-electron chi connectivity index (χ1n) is 6.97. The molecule has 3 nitrogen and oxygen atoms in total. The Kier molecular flexibility index (Phi) is 3.92. The summed E-state index contributed by atoms with van der Waals surface area (Å²) in [6.07, 6.45) is 8.03. The van der Waals surface area contributed by atoms with Crippen LogP contribution in [0, 0.1) is 5.82 Å². The molecule has 4 heteroatoms. The third-order valence-electron chi connectivity index (χ3n) is 3.66. The minimum Gasteiger partial charge on any atom is -0.330 e. The van der Waals surface area contributed by atoms with Gasteiger partial charge in [0.1, 0.15) is 5.82 Å². The number of nitrogens with zero attached hydrogens (tertiary/aromatic N) is 2. The van der Waals surface area contributed by atoms with E-state index >= 15 is 0 Å². The molecule has 3 rings (SSSR count). The smallest absolute Gasteiger partial charge is 0.123 e. The highest BCUT2D eigenvalue weighted by molar-refractivity contribution is 5.58. The Morgan fingerprint density at radius 1 is 1.35 bits per heavy atom. The van der Waals surface area contributed by atoms with Gasteiger partial charge in [0.25, 0.3) is 0 Å². The largest absolute Gasteiger partial charge is 0.330 e. The van der Waals surface area contributed by atoms with Crippen molar-refractivity contribution in [2.75, 3.05) is 13.1 Å². The lowest BCUT2D eigenvalue weighted by Crippen LogP contribution is -2.21. The predicted molar refractivity (Wildman–Crippen MR) is 77.8 cm³/mol. The van der Waals surface area contributed by atoms with Crippen LogP contribution in [0.3, 0.4) is 0 Å². The van der Waals surface area contributed by atoms with E-state index in [-0.39, 0.29) is 5.82 Å². The molecule has 0 radical (unpaired) electrons. The minimum absolute atomic E-state index is 0.212. The van der Waals surface area contributed by atoms with Gasteiger partial charge in [-0.05, 0) is 31.5 Å². The average molecular weight is 271 g/mol. The van der Waals surface area contributed by atoms with Crippen LogP contribution in [0.1, 0.15) is 12.8 Å². The maximum absolute atomic E-state index is 13.3. The zero-order chi connectivity index (χ0) is 13.8. The molecule has 1 aromatic carbocycles. The van der Waals surface area contributed by atoms with Crippen LogP contribution in [-0.4, -0.2) is 22.6 Å². The first kappa shape index (κ1) is 13.1. The second-order valence-electron chi connectivity index (χ2n) is 5.05. The van der Waals surface area contributed by atoms with Gasteiger partial charge >= 0.3 is 0 Å². The molecule has 0 unspecified atom stereocenters. The van der Waals surface area contributed by atoms with Crippen LogP contribution in [0.5, 0.6) is 0 Å². The van der Waals surface area contributed by atoms with Gasteiger partial charge in [-0.3, -0.25) is 0 Å². The number of benzene rings is 1. The topological polar surface area (TPSA) is 29.9 Å². The predicted octanol–water partition coefficient (Wildman–Crippen LogP) is 3.00. The summed E-state index contributed by atoms with van der Waals surface area (Å²) in [6.45, 7) is 2.92. The molecule has 0 amide bonds. The number of nitrogens with one attached hydrogen (secondary N) is 1. The second kappa shape index (κ2) is 6.01. The van der Waals surface area contributed by atoms with Crippen LogP contribution in [0.15, 0.2) is 48.4 Å². The van der Waals surface area contributed by atoms with E-state index in [9.17, 15) is 4.39 Å². The molecule has 20 heavy (non-hydrogen) atoms. The van der Waals surface area contributed by atoms with Gasteiger partial charge in [0.05, 0.1) is 18.2 Å². The van der Waals surface area contributed by atoms with E-state index in [1.54, 1.807) is 18.3 Å². The zero-order valence-electron chi connectivity index (χ0n) is 11.3. The van der Waals surface area contributed by atoms with Crippen LogP contribution < -0.4 is 5.32 Å². The Bertz CT molecular complexity index is 616. The number of hydrogen-bond acceptors (Lipinski definition) is 2. The molecule has 2 heterocycles. The molecule has 0 saturated carbocycles. The summed E-state index contributed by atoms with van der Waals surface area (Å²) >= 11 is 0. The molecule has 1 N–H and O–H groups in total. The van der Waals surface area contributed by atoms with E-state index in [0.29, 0.717) is 0 Å². The van der Waals surface area contributed by atoms with Gasteiger partial charge in [-0.15, -0.1) is 0 Å². The van der Waals surface area contributed by atoms with Gasteiger partial charge in [-0.2, -0.15) is 0 Å². The Morgan fingerprint density at radius 3 is 3.10 bits per heavy atom. The first-order valence-corrected chi connectivity index (χ1v) is 6.97. The normalized spacial score (nSPS) is 15.2. The van der Waals surface area contributed by atoms with Gasteiger partial charge in [-0.25, -0.2) is 9.37 Å². The van der Waals surface area contributed by atoms with Gasteiger partial charge in [0.2, 0.25) is 0 Å². The number of rotatable bonds is 4. The second-order valence-corrected chi connectivity index (χ2v) is 5.05. The van der Waals surface area contributed by atoms with E-state index in [4.69, 9.17) is 0 Å². The van der Waals surface area contributed by atoms with Gasteiger partial charge in [0.15, 0.2) is 0 Å². The van der Waals surface area contributed by atoms with Gasteiger partial charge in [-0.1, -0.05) is 23.8 Å². The van der Waals surface area contributed by atoms with Crippen molar-refractivity contribution in [3.63, 3.8) is 0 Å². The summed E-state index contributed by atoms with van der Waals surface area (Å²) in [5.74, 6) is -0.212. The third kappa shape index (κ3) is 2.96. The van der Waals surface area contributed by atoms with E-state index in [2.05, 4.69) is 20.9 Å². The van der Waals surface area contributed by atoms with E-state index < -0.39 is 0 Å². The summed E-state index contributed by atoms with van der Waals surface area (Å²) in [5.41, 5.74) is 3.34. The van der Waals surface area contributed by atoms with Crippen molar-refractivity contribution in [2.45, 2.75) is 19.4 Å². The van der Waals surface area contributed by atoms with Crippen LogP contribution >= 0.6 is 0 Å². The highest BCUT2D eigenvalue weighted by atomic mass is 19.1. The van der Waals surface area contributed by atoms with Crippen LogP contribution in [0.25, 0.3) is 11.3 Å². The lowest BCUT2D eigenvalue weighted by atomic mass is 10.1. The molecule has 0 saturated heterocycles. The Labute approximate surface area is 118 Å². The zero-order valence-corrected chi connectivity index (χ0v) is 11.3. The number of aromatic nitrogens is 2. The highest BCUT2D eigenvalue weighted by Crippen LogP contribution is 2.21. The van der Waals surface area contributed by atoms with Crippen LogP contribution in [0.2, 0.25) is 0 Å². The van der Waals surface area contributed by atoms with Crippen molar-refractivity contribution in [2.24, 2.45) is 0 Å². The summed E-state index contributed by atoms with van der Waals surface area (Å²) < 4.78 is 15.4. The van der Waals surface area contributed by atoms with Crippen molar-refractivity contribution in [3.05, 3.63) is 54.3 Å². The summed E-state index contributed by atoms with van der Waals surface area (Å²) in [5, 5.41) is 3.31. The average Bonchev–Trinajstić information content (AvgIpc) is 2.95. The monoisotopic (exact) mass is 271 g/mol. The van der Waals surface area contributed by atoms with Crippen molar-refractivity contribution in [1.82, 2.24) is 14.9 Å². The molecular weight excluding hydrogens is 253 g/mol. The molecule has 0 spiro atoms. The van der Waals surface area contributed by atoms with Crippen molar-refractivity contribution in [1.29, 1.82) is 0 Å². The van der Waals surface area contributed by atoms with Gasteiger partial charge < -0.3 is 9.88 Å². The first-order chi connectivity index (χ1) is 9.83. The molecule has 2 aromatic rings. The highest BCUT2D eigenvalue weighted by Gasteiger charge is 2.08. The maximum Gasteiger partial charge on any atom is 0.123 e. The molecule has 104 valence electrons. The van der Waals surface area contributed by atoms with E-state index in [1.807, 2.05) is 12.4 Å². The molecule has 0 atom stereocenters. The quantitative estimate of drug-likeness (QED) is 0.866. The van der Waals surface area contributed by atoms with Crippen LogP contribution in [0.4, 0.5) is 4.39 Å². The molecule has 0 bridgehead atoms. The molecule has 1 aliphatic heterocycles. The summed E-state index contributed by atoms with van der Waals surface area (Å²) in [4.78, 5) is 4.20. The fourth-order valence-corrected chi connectivity index (χ4v) is 2.55. The van der Waals surface area contributed by atoms with Gasteiger partial charge in [0, 0.05) is 18.7 Å². The standard InChI is InChI=1S/C16H18FN3/c17-15-3-1-2-14(10-15)16-11-19-12-20(16)9-6-13-4-7-18-8-5-13/h1-4,10-12,18H,5-9H2. The number of aryl methyl sites for hydroxylation is 1. The van der Waals surface area contributed by atoms with Crippen molar-refractivity contribution >= 4 is 0 Å². The number of halogens is 1. The summed E-state index contributed by atoms with van der Waals surface area (Å²) in [7, 11) is 0. The number of imidazole rings is 1. The lowest BCUT2D eigenvalue weighted by molar-refractivity contribution is 0.625. The lowest BCUT2D eigenvalue weighted by Gasteiger charge is -2.15. The minimum atomic E-state index is -0.212. The van der Waals surface area contributed by atoms with E-state index in [1.165, 1.54) is 11.6 Å². The molecule has 0 aliphatic carbocycles. The molecular formula is C16H18FN3. The summed E-state index contributed by atoms with van der Waals surface area (Å²) in [6, 6.07) is 6.67. The van der Waals surface area contributed by atoms with Crippen molar-refractivity contribution < 1.29 is 4.39 Å². The van der Waals surface area contributed by atoms with E-state index in [0.717, 1.165) is 43.7 Å². The third-order valence-corrected chi connectivity index (χ3v) is 3.66.